The Hall–Kier alpha value is -3.98. The predicted molar refractivity (Wildman–Crippen MR) is 124 cm³/mol. The number of benzene rings is 3. The number of nitro benzene ring substituents is 1. The summed E-state index contributed by atoms with van der Waals surface area (Å²) < 4.78 is 27.2. The number of aromatic nitrogens is 1. The van der Waals surface area contributed by atoms with E-state index in [9.17, 15) is 18.5 Å². The number of non-ortho nitro benzene ring substituents is 1. The summed E-state index contributed by atoms with van der Waals surface area (Å²) >= 11 is 0. The van der Waals surface area contributed by atoms with E-state index in [1.165, 1.54) is 24.4 Å². The molecule has 3 aromatic carbocycles. The predicted octanol–water partition coefficient (Wildman–Crippen LogP) is 4.47. The van der Waals surface area contributed by atoms with E-state index in [1.807, 2.05) is 48.7 Å². The van der Waals surface area contributed by atoms with Crippen molar-refractivity contribution in [1.29, 1.82) is 0 Å². The number of hydrogen-bond donors (Lipinski definition) is 1. The van der Waals surface area contributed by atoms with Crippen LogP contribution in [0.4, 0.5) is 5.69 Å². The summed E-state index contributed by atoms with van der Waals surface area (Å²) in [5.41, 5.74) is 2.94. The molecule has 0 aliphatic heterocycles. The van der Waals surface area contributed by atoms with Gasteiger partial charge < -0.3 is 4.57 Å². The summed E-state index contributed by atoms with van der Waals surface area (Å²) in [5.74, 6) is 0. The maximum Gasteiger partial charge on any atom is 0.276 e. The summed E-state index contributed by atoms with van der Waals surface area (Å²) in [7, 11) is -3.84. The van der Waals surface area contributed by atoms with Gasteiger partial charge in [0.05, 0.1) is 21.7 Å². The van der Waals surface area contributed by atoms with Crippen molar-refractivity contribution in [3.8, 4) is 5.69 Å². The maximum atomic E-state index is 12.7. The highest BCUT2D eigenvalue weighted by molar-refractivity contribution is 7.89. The van der Waals surface area contributed by atoms with E-state index in [1.54, 1.807) is 24.3 Å². The van der Waals surface area contributed by atoms with Gasteiger partial charge in [-0.1, -0.05) is 36.4 Å². The highest BCUT2D eigenvalue weighted by Crippen LogP contribution is 2.23. The van der Waals surface area contributed by atoms with Gasteiger partial charge in [-0.15, -0.1) is 0 Å². The minimum Gasteiger partial charge on any atom is -0.318 e. The number of fused-ring (bicyclic) bond motifs is 1. The van der Waals surface area contributed by atoms with Crippen LogP contribution in [0.5, 0.6) is 0 Å². The van der Waals surface area contributed by atoms with E-state index in [4.69, 9.17) is 0 Å². The molecule has 9 heteroatoms. The zero-order valence-corrected chi connectivity index (χ0v) is 18.2. The molecule has 0 saturated carbocycles. The van der Waals surface area contributed by atoms with E-state index < -0.39 is 14.9 Å². The average Bonchev–Trinajstić information content (AvgIpc) is 3.06. The zero-order valence-electron chi connectivity index (χ0n) is 17.4. The van der Waals surface area contributed by atoms with Crippen LogP contribution < -0.4 is 4.83 Å². The summed E-state index contributed by atoms with van der Waals surface area (Å²) in [4.78, 5) is 13.0. The maximum absolute atomic E-state index is 12.7. The topological polar surface area (TPSA) is 107 Å². The number of sulfonamides is 1. The van der Waals surface area contributed by atoms with Gasteiger partial charge in [-0.25, -0.2) is 4.83 Å². The number of hydrazone groups is 1. The van der Waals surface area contributed by atoms with Gasteiger partial charge in [0, 0.05) is 29.1 Å². The SMILES string of the molecule is Cc1cc(/C=N/NS(=O)(=O)c2ccc3ccccc3c2)c(C)n1-c1cccc([N+](=O)[O-])c1. The highest BCUT2D eigenvalue weighted by atomic mass is 32.2. The van der Waals surface area contributed by atoms with E-state index in [0.717, 1.165) is 22.2 Å². The standard InChI is InChI=1S/C23H20N4O4S/c1-16-12-20(17(2)26(16)21-8-5-9-22(14-21)27(28)29)15-24-25-32(30,31)23-11-10-18-6-3-4-7-19(18)13-23/h3-15,25H,1-2H3/b24-15+. The first kappa shape index (κ1) is 21.3. The van der Waals surface area contributed by atoms with Crippen LogP contribution in [0.3, 0.4) is 0 Å². The Kier molecular flexibility index (Phi) is 5.50. The molecular formula is C23H20N4O4S. The van der Waals surface area contributed by atoms with Gasteiger partial charge in [-0.05, 0) is 48.9 Å². The van der Waals surface area contributed by atoms with Crippen molar-refractivity contribution in [1.82, 2.24) is 9.40 Å². The minimum absolute atomic E-state index is 0.00615. The minimum atomic E-state index is -3.84. The molecule has 0 saturated heterocycles. The number of hydrogen-bond acceptors (Lipinski definition) is 5. The van der Waals surface area contributed by atoms with Crippen LogP contribution >= 0.6 is 0 Å². The lowest BCUT2D eigenvalue weighted by Gasteiger charge is -2.09. The summed E-state index contributed by atoms with van der Waals surface area (Å²) in [6.45, 7) is 3.70. The number of nitrogens with one attached hydrogen (secondary N) is 1. The molecule has 0 aliphatic rings. The van der Waals surface area contributed by atoms with Gasteiger partial charge in [0.25, 0.3) is 15.7 Å². The molecule has 1 aromatic heterocycles. The molecule has 8 nitrogen and oxygen atoms in total. The molecule has 32 heavy (non-hydrogen) atoms. The van der Waals surface area contributed by atoms with Crippen LogP contribution in [0.1, 0.15) is 17.0 Å². The van der Waals surface area contributed by atoms with E-state index in [-0.39, 0.29) is 10.6 Å². The first-order valence-electron chi connectivity index (χ1n) is 9.74. The number of rotatable bonds is 6. The second kappa shape index (κ2) is 8.27. The third-order valence-corrected chi connectivity index (χ3v) is 6.40. The third kappa shape index (κ3) is 4.10. The molecule has 4 aromatic rings. The molecule has 1 heterocycles. The fourth-order valence-corrected chi connectivity index (χ4v) is 4.44. The molecule has 0 unspecified atom stereocenters. The van der Waals surface area contributed by atoms with Crippen molar-refractivity contribution in [3.05, 3.63) is 99.9 Å². The molecule has 4 rings (SSSR count). The quantitative estimate of drug-likeness (QED) is 0.267. The summed E-state index contributed by atoms with van der Waals surface area (Å²) in [6, 6.07) is 20.5. The lowest BCUT2D eigenvalue weighted by Crippen LogP contribution is -2.18. The molecule has 0 aliphatic carbocycles. The van der Waals surface area contributed by atoms with Gasteiger partial charge in [-0.2, -0.15) is 13.5 Å². The van der Waals surface area contributed by atoms with E-state index >= 15 is 0 Å². The van der Waals surface area contributed by atoms with Crippen molar-refractivity contribution < 1.29 is 13.3 Å². The van der Waals surface area contributed by atoms with E-state index in [0.29, 0.717) is 11.3 Å². The van der Waals surface area contributed by atoms with Crippen molar-refractivity contribution in [3.63, 3.8) is 0 Å². The summed E-state index contributed by atoms with van der Waals surface area (Å²) in [6.07, 6.45) is 1.43. The van der Waals surface area contributed by atoms with Crippen LogP contribution in [-0.4, -0.2) is 24.1 Å². The molecule has 0 atom stereocenters. The monoisotopic (exact) mass is 448 g/mol. The van der Waals surface area contributed by atoms with E-state index in [2.05, 4.69) is 9.93 Å². The molecule has 0 bridgehead atoms. The Morgan fingerprint density at radius 3 is 2.47 bits per heavy atom. The van der Waals surface area contributed by atoms with Crippen molar-refractivity contribution in [2.24, 2.45) is 5.10 Å². The molecule has 162 valence electrons. The number of nitro groups is 1. The van der Waals surface area contributed by atoms with Gasteiger partial charge in [0.15, 0.2) is 0 Å². The van der Waals surface area contributed by atoms with Crippen LogP contribution in [0.2, 0.25) is 0 Å². The van der Waals surface area contributed by atoms with Crippen molar-refractivity contribution in [2.45, 2.75) is 18.7 Å². The van der Waals surface area contributed by atoms with Crippen LogP contribution in [0.15, 0.2) is 82.8 Å². The lowest BCUT2D eigenvalue weighted by atomic mass is 10.1. The third-order valence-electron chi connectivity index (χ3n) is 5.18. The average molecular weight is 449 g/mol. The lowest BCUT2D eigenvalue weighted by molar-refractivity contribution is -0.384. The first-order chi connectivity index (χ1) is 15.3. The first-order valence-corrected chi connectivity index (χ1v) is 11.2. The molecule has 0 spiro atoms. The van der Waals surface area contributed by atoms with Gasteiger partial charge >= 0.3 is 0 Å². The van der Waals surface area contributed by atoms with Gasteiger partial charge in [0.2, 0.25) is 0 Å². The smallest absolute Gasteiger partial charge is 0.276 e. The fraction of sp³-hybridized carbons (Fsp3) is 0.0870. The van der Waals surface area contributed by atoms with Crippen molar-refractivity contribution >= 4 is 32.7 Å². The summed E-state index contributed by atoms with van der Waals surface area (Å²) in [5, 5.41) is 16.8. The fourth-order valence-electron chi connectivity index (χ4n) is 3.61. The molecular weight excluding hydrogens is 428 g/mol. The Balaban J connectivity index is 1.59. The van der Waals surface area contributed by atoms with Crippen LogP contribution in [-0.2, 0) is 10.0 Å². The Morgan fingerprint density at radius 2 is 1.72 bits per heavy atom. The Bertz CT molecular complexity index is 1470. The highest BCUT2D eigenvalue weighted by Gasteiger charge is 2.15. The number of nitrogens with zero attached hydrogens (tertiary/aromatic N) is 3. The second-order valence-electron chi connectivity index (χ2n) is 7.30. The Labute approximate surface area is 185 Å². The largest absolute Gasteiger partial charge is 0.318 e. The second-order valence-corrected chi connectivity index (χ2v) is 8.96. The Morgan fingerprint density at radius 1 is 0.969 bits per heavy atom. The van der Waals surface area contributed by atoms with Gasteiger partial charge in [-0.3, -0.25) is 10.1 Å². The van der Waals surface area contributed by atoms with Gasteiger partial charge in [0.1, 0.15) is 0 Å². The zero-order chi connectivity index (χ0) is 22.9. The normalized spacial score (nSPS) is 11.8. The molecule has 0 fully saturated rings. The number of aryl methyl sites for hydroxylation is 1. The van der Waals surface area contributed by atoms with Crippen LogP contribution in [0.25, 0.3) is 16.5 Å². The van der Waals surface area contributed by atoms with Crippen LogP contribution in [0, 0.1) is 24.0 Å². The molecule has 0 radical (unpaired) electrons. The molecule has 1 N–H and O–H groups in total. The van der Waals surface area contributed by atoms with Crippen molar-refractivity contribution in [2.75, 3.05) is 0 Å². The molecule has 0 amide bonds.